The van der Waals surface area contributed by atoms with Crippen molar-refractivity contribution in [3.63, 3.8) is 0 Å². The lowest BCUT2D eigenvalue weighted by atomic mass is 10.1. The van der Waals surface area contributed by atoms with Crippen molar-refractivity contribution in [3.8, 4) is 11.5 Å². The number of amides is 2. The third kappa shape index (κ3) is 5.07. The summed E-state index contributed by atoms with van der Waals surface area (Å²) < 4.78 is 10.6. The zero-order chi connectivity index (χ0) is 18.2. The summed E-state index contributed by atoms with van der Waals surface area (Å²) in [5, 5.41) is 14.2. The van der Waals surface area contributed by atoms with E-state index in [0.717, 1.165) is 5.56 Å². The maximum Gasteiger partial charge on any atom is 0.237 e. The molecule has 1 aliphatic heterocycles. The molecule has 1 saturated heterocycles. The number of carbonyl (C=O) groups excluding carboxylic acids is 2. The molecule has 0 aromatic heterocycles. The highest BCUT2D eigenvalue weighted by atomic mass is 16.5. The second-order valence-electron chi connectivity index (χ2n) is 5.73. The summed E-state index contributed by atoms with van der Waals surface area (Å²) in [4.78, 5) is 26.1. The zero-order valence-corrected chi connectivity index (χ0v) is 14.6. The first-order valence-electron chi connectivity index (χ1n) is 8.19. The molecule has 0 bridgehead atoms. The van der Waals surface area contributed by atoms with Gasteiger partial charge in [-0.2, -0.15) is 0 Å². The molecule has 0 aliphatic carbocycles. The summed E-state index contributed by atoms with van der Waals surface area (Å²) in [6.45, 7) is 1.71. The summed E-state index contributed by atoms with van der Waals surface area (Å²) in [6, 6.07) is 4.97. The molecule has 0 saturated carbocycles. The molecular formula is C17H25N3O5. The molecule has 2 rings (SSSR count). The molecule has 1 aliphatic rings. The monoisotopic (exact) mass is 351 g/mol. The van der Waals surface area contributed by atoms with Gasteiger partial charge in [0, 0.05) is 37.8 Å². The van der Waals surface area contributed by atoms with Crippen molar-refractivity contribution in [1.29, 1.82) is 0 Å². The summed E-state index contributed by atoms with van der Waals surface area (Å²) in [6.07, 6.45) is 0.0459. The Bertz CT molecular complexity index is 608. The fourth-order valence-corrected chi connectivity index (χ4v) is 2.82. The average molecular weight is 351 g/mol. The maximum atomic E-state index is 12.2. The maximum absolute atomic E-state index is 12.2. The van der Waals surface area contributed by atoms with Gasteiger partial charge in [-0.25, -0.2) is 0 Å². The van der Waals surface area contributed by atoms with Crippen LogP contribution >= 0.6 is 0 Å². The van der Waals surface area contributed by atoms with Crippen molar-refractivity contribution in [2.75, 3.05) is 40.5 Å². The minimum atomic E-state index is -0.556. The van der Waals surface area contributed by atoms with Gasteiger partial charge in [0.2, 0.25) is 11.8 Å². The van der Waals surface area contributed by atoms with Crippen LogP contribution in [-0.4, -0.2) is 68.3 Å². The number of aliphatic hydroxyl groups is 1. The molecule has 1 fully saturated rings. The molecule has 1 atom stereocenters. The molecule has 8 nitrogen and oxygen atoms in total. The van der Waals surface area contributed by atoms with E-state index in [4.69, 9.17) is 14.6 Å². The van der Waals surface area contributed by atoms with Crippen LogP contribution in [0.15, 0.2) is 18.2 Å². The molecule has 1 heterocycles. The Morgan fingerprint density at radius 3 is 2.88 bits per heavy atom. The molecule has 138 valence electrons. The van der Waals surface area contributed by atoms with Crippen molar-refractivity contribution < 1.29 is 24.2 Å². The first-order chi connectivity index (χ1) is 12.1. The van der Waals surface area contributed by atoms with Gasteiger partial charge in [-0.1, -0.05) is 6.07 Å². The Labute approximate surface area is 147 Å². The lowest BCUT2D eigenvalue weighted by Gasteiger charge is -2.35. The van der Waals surface area contributed by atoms with Gasteiger partial charge < -0.3 is 25.2 Å². The van der Waals surface area contributed by atoms with E-state index in [2.05, 4.69) is 10.6 Å². The van der Waals surface area contributed by atoms with Crippen molar-refractivity contribution >= 4 is 11.8 Å². The summed E-state index contributed by atoms with van der Waals surface area (Å²) >= 11 is 0. The minimum Gasteiger partial charge on any atom is -0.497 e. The van der Waals surface area contributed by atoms with E-state index in [1.807, 2.05) is 17.0 Å². The van der Waals surface area contributed by atoms with Crippen LogP contribution in [-0.2, 0) is 16.1 Å². The number of methoxy groups -OCH3 is 2. The molecule has 0 radical (unpaired) electrons. The predicted octanol–water partition coefficient (Wildman–Crippen LogP) is -0.497. The molecule has 0 spiro atoms. The van der Waals surface area contributed by atoms with Gasteiger partial charge in [0.1, 0.15) is 11.5 Å². The number of ether oxygens (including phenoxy) is 2. The fraction of sp³-hybridized carbons (Fsp3) is 0.529. The number of carbonyl (C=O) groups is 2. The molecule has 25 heavy (non-hydrogen) atoms. The van der Waals surface area contributed by atoms with Crippen molar-refractivity contribution in [2.45, 2.75) is 19.0 Å². The number of piperazine rings is 1. The van der Waals surface area contributed by atoms with Crippen LogP contribution < -0.4 is 20.1 Å². The number of hydrogen-bond donors (Lipinski definition) is 3. The standard InChI is InChI=1S/C17H25N3O5/c1-24-13-4-3-12(15(9-13)25-2)11-20-7-5-19-17(23)14(20)10-16(22)18-6-8-21/h3-4,9,14,21H,5-8,10-11H2,1-2H3,(H,18,22)(H,19,23). The number of hydrogen-bond acceptors (Lipinski definition) is 6. The van der Waals surface area contributed by atoms with Gasteiger partial charge in [-0.05, 0) is 6.07 Å². The second-order valence-corrected chi connectivity index (χ2v) is 5.73. The van der Waals surface area contributed by atoms with Crippen LogP contribution in [0.2, 0.25) is 0 Å². The second kappa shape index (κ2) is 9.24. The van der Waals surface area contributed by atoms with Gasteiger partial charge in [0.25, 0.3) is 0 Å². The summed E-state index contributed by atoms with van der Waals surface area (Å²) in [5.41, 5.74) is 0.916. The van der Waals surface area contributed by atoms with Crippen LogP contribution in [0.4, 0.5) is 0 Å². The van der Waals surface area contributed by atoms with Crippen LogP contribution in [0, 0.1) is 0 Å². The van der Waals surface area contributed by atoms with Gasteiger partial charge in [0.05, 0.1) is 33.3 Å². The van der Waals surface area contributed by atoms with E-state index in [9.17, 15) is 9.59 Å². The molecule has 1 unspecified atom stereocenters. The Kier molecular flexibility index (Phi) is 7.03. The predicted molar refractivity (Wildman–Crippen MR) is 91.5 cm³/mol. The largest absolute Gasteiger partial charge is 0.497 e. The van der Waals surface area contributed by atoms with Gasteiger partial charge in [-0.15, -0.1) is 0 Å². The van der Waals surface area contributed by atoms with E-state index in [1.165, 1.54) is 0 Å². The summed E-state index contributed by atoms with van der Waals surface area (Å²) in [5.74, 6) is 0.936. The first-order valence-corrected chi connectivity index (χ1v) is 8.19. The Balaban J connectivity index is 2.12. The summed E-state index contributed by atoms with van der Waals surface area (Å²) in [7, 11) is 3.17. The van der Waals surface area contributed by atoms with Crippen LogP contribution in [0.25, 0.3) is 0 Å². The van der Waals surface area contributed by atoms with E-state index in [1.54, 1.807) is 20.3 Å². The highest BCUT2D eigenvalue weighted by Gasteiger charge is 2.32. The van der Waals surface area contributed by atoms with Crippen LogP contribution in [0.3, 0.4) is 0 Å². The van der Waals surface area contributed by atoms with Crippen molar-refractivity contribution in [3.05, 3.63) is 23.8 Å². The lowest BCUT2D eigenvalue weighted by molar-refractivity contribution is -0.134. The van der Waals surface area contributed by atoms with Crippen LogP contribution in [0.1, 0.15) is 12.0 Å². The molecule has 2 amide bonds. The number of rotatable bonds is 8. The SMILES string of the molecule is COc1ccc(CN2CCNC(=O)C2CC(=O)NCCO)c(OC)c1. The highest BCUT2D eigenvalue weighted by Crippen LogP contribution is 2.27. The Morgan fingerprint density at radius 1 is 1.40 bits per heavy atom. The van der Waals surface area contributed by atoms with Crippen molar-refractivity contribution in [1.82, 2.24) is 15.5 Å². The van der Waals surface area contributed by atoms with E-state index in [-0.39, 0.29) is 31.4 Å². The Hall–Kier alpha value is -2.32. The van der Waals surface area contributed by atoms with Gasteiger partial charge in [-0.3, -0.25) is 14.5 Å². The molecule has 1 aromatic carbocycles. The van der Waals surface area contributed by atoms with Crippen LogP contribution in [0.5, 0.6) is 11.5 Å². The average Bonchev–Trinajstić information content (AvgIpc) is 2.63. The third-order valence-corrected chi connectivity index (χ3v) is 4.12. The fourth-order valence-electron chi connectivity index (χ4n) is 2.82. The molecular weight excluding hydrogens is 326 g/mol. The number of benzene rings is 1. The minimum absolute atomic E-state index is 0.0459. The molecule has 8 heteroatoms. The van der Waals surface area contributed by atoms with E-state index in [0.29, 0.717) is 31.1 Å². The Morgan fingerprint density at radius 2 is 2.20 bits per heavy atom. The molecule has 3 N–H and O–H groups in total. The zero-order valence-electron chi connectivity index (χ0n) is 14.6. The van der Waals surface area contributed by atoms with Gasteiger partial charge >= 0.3 is 0 Å². The molecule has 1 aromatic rings. The van der Waals surface area contributed by atoms with E-state index < -0.39 is 6.04 Å². The quantitative estimate of drug-likeness (QED) is 0.584. The van der Waals surface area contributed by atoms with Gasteiger partial charge in [0.15, 0.2) is 0 Å². The first kappa shape index (κ1) is 19.0. The van der Waals surface area contributed by atoms with E-state index >= 15 is 0 Å². The smallest absolute Gasteiger partial charge is 0.237 e. The number of nitrogens with zero attached hydrogens (tertiary/aromatic N) is 1. The lowest BCUT2D eigenvalue weighted by Crippen LogP contribution is -2.56. The normalized spacial score (nSPS) is 17.7. The number of aliphatic hydroxyl groups excluding tert-OH is 1. The highest BCUT2D eigenvalue weighted by molar-refractivity contribution is 5.88. The number of nitrogens with one attached hydrogen (secondary N) is 2. The third-order valence-electron chi connectivity index (χ3n) is 4.12. The topological polar surface area (TPSA) is 100 Å². The van der Waals surface area contributed by atoms with Crippen molar-refractivity contribution in [2.24, 2.45) is 0 Å².